The monoisotopic (exact) mass is 456 g/mol. The summed E-state index contributed by atoms with van der Waals surface area (Å²) in [4.78, 5) is 31.0. The fourth-order valence-electron chi connectivity index (χ4n) is 4.43. The largest absolute Gasteiger partial charge is 0.356 e. The van der Waals surface area contributed by atoms with Crippen LogP contribution in [0, 0.1) is 0 Å². The lowest BCUT2D eigenvalue weighted by Crippen LogP contribution is -2.42. The number of piperidine rings is 1. The maximum absolute atomic E-state index is 12.8. The molecule has 0 spiro atoms. The zero-order chi connectivity index (χ0) is 23.7. The van der Waals surface area contributed by atoms with Gasteiger partial charge in [-0.25, -0.2) is 4.98 Å². The fourth-order valence-corrected chi connectivity index (χ4v) is 4.43. The zero-order valence-electron chi connectivity index (χ0n) is 19.6. The minimum Gasteiger partial charge on any atom is -0.356 e. The van der Waals surface area contributed by atoms with E-state index in [0.29, 0.717) is 17.4 Å². The first-order valence-corrected chi connectivity index (χ1v) is 11.4. The van der Waals surface area contributed by atoms with Gasteiger partial charge in [-0.1, -0.05) is 0 Å². The van der Waals surface area contributed by atoms with Crippen LogP contribution < -0.4 is 10.2 Å². The van der Waals surface area contributed by atoms with Crippen molar-refractivity contribution < 1.29 is 4.79 Å². The zero-order valence-corrected chi connectivity index (χ0v) is 19.6. The molecule has 5 rings (SSSR count). The number of pyridine rings is 3. The van der Waals surface area contributed by atoms with Crippen LogP contribution in [-0.4, -0.2) is 68.8 Å². The van der Waals surface area contributed by atoms with Crippen molar-refractivity contribution in [2.45, 2.75) is 18.9 Å². The van der Waals surface area contributed by atoms with Crippen LogP contribution in [0.3, 0.4) is 0 Å². The quantitative estimate of drug-likeness (QED) is 0.493. The summed E-state index contributed by atoms with van der Waals surface area (Å²) < 4.78 is 1.76. The van der Waals surface area contributed by atoms with E-state index in [2.05, 4.69) is 39.3 Å². The van der Waals surface area contributed by atoms with Gasteiger partial charge >= 0.3 is 0 Å². The molecule has 34 heavy (non-hydrogen) atoms. The molecule has 0 saturated carbocycles. The topological polar surface area (TPSA) is 92.1 Å². The number of hydrogen-bond acceptors (Lipinski definition) is 7. The predicted molar refractivity (Wildman–Crippen MR) is 133 cm³/mol. The van der Waals surface area contributed by atoms with Gasteiger partial charge < -0.3 is 15.1 Å². The Balaban J connectivity index is 1.53. The van der Waals surface area contributed by atoms with Gasteiger partial charge in [-0.15, -0.1) is 0 Å². The van der Waals surface area contributed by atoms with E-state index in [1.807, 2.05) is 31.6 Å². The molecule has 0 atom stereocenters. The number of rotatable bonds is 5. The molecule has 0 aliphatic carbocycles. The molecule has 1 amide bonds. The van der Waals surface area contributed by atoms with Crippen LogP contribution in [0.15, 0.2) is 55.2 Å². The van der Waals surface area contributed by atoms with Gasteiger partial charge in [0.25, 0.3) is 5.91 Å². The smallest absolute Gasteiger partial charge is 0.256 e. The molecule has 4 aromatic rings. The van der Waals surface area contributed by atoms with Crippen molar-refractivity contribution in [3.63, 3.8) is 0 Å². The van der Waals surface area contributed by atoms with E-state index in [1.165, 1.54) is 0 Å². The van der Waals surface area contributed by atoms with Gasteiger partial charge in [0.15, 0.2) is 0 Å². The van der Waals surface area contributed by atoms with Crippen molar-refractivity contribution in [3.05, 3.63) is 60.8 Å². The van der Waals surface area contributed by atoms with Crippen molar-refractivity contribution in [1.82, 2.24) is 29.6 Å². The Morgan fingerprint density at radius 3 is 2.56 bits per heavy atom. The van der Waals surface area contributed by atoms with Gasteiger partial charge in [0.1, 0.15) is 11.6 Å². The first-order chi connectivity index (χ1) is 16.5. The SMILES string of the molecule is CN(C)C1CCN(c2nc(NC(=O)c3ccncc3)cc3cc(-c4cnn(C)c4)ncc23)CC1. The molecule has 0 radical (unpaired) electrons. The lowest BCUT2D eigenvalue weighted by atomic mass is 10.0. The molecule has 1 fully saturated rings. The maximum atomic E-state index is 12.8. The van der Waals surface area contributed by atoms with Crippen molar-refractivity contribution in [1.29, 1.82) is 0 Å². The number of nitrogens with zero attached hydrogens (tertiary/aromatic N) is 7. The minimum absolute atomic E-state index is 0.215. The van der Waals surface area contributed by atoms with Gasteiger partial charge in [-0.05, 0) is 56.6 Å². The number of fused-ring (bicyclic) bond motifs is 1. The molecular weight excluding hydrogens is 428 g/mol. The Labute approximate surface area is 198 Å². The van der Waals surface area contributed by atoms with E-state index in [1.54, 1.807) is 35.4 Å². The number of carbonyl (C=O) groups is 1. The van der Waals surface area contributed by atoms with Crippen LogP contribution in [0.25, 0.3) is 22.0 Å². The number of carbonyl (C=O) groups excluding carboxylic acids is 1. The van der Waals surface area contributed by atoms with Gasteiger partial charge in [0, 0.05) is 67.5 Å². The Morgan fingerprint density at radius 1 is 1.12 bits per heavy atom. The fraction of sp³-hybridized carbons (Fsp3) is 0.320. The van der Waals surface area contributed by atoms with Crippen LogP contribution >= 0.6 is 0 Å². The van der Waals surface area contributed by atoms with E-state index in [9.17, 15) is 4.79 Å². The summed E-state index contributed by atoms with van der Waals surface area (Å²) in [7, 11) is 6.15. The average molecular weight is 457 g/mol. The number of hydrogen-bond donors (Lipinski definition) is 1. The number of amides is 1. The van der Waals surface area contributed by atoms with E-state index in [0.717, 1.165) is 53.8 Å². The number of anilines is 2. The van der Waals surface area contributed by atoms with E-state index in [-0.39, 0.29) is 5.91 Å². The molecule has 1 saturated heterocycles. The summed E-state index contributed by atoms with van der Waals surface area (Å²) in [5.41, 5.74) is 2.31. The summed E-state index contributed by atoms with van der Waals surface area (Å²) >= 11 is 0. The van der Waals surface area contributed by atoms with Crippen molar-refractivity contribution in [2.75, 3.05) is 37.4 Å². The first-order valence-electron chi connectivity index (χ1n) is 11.4. The normalized spacial score (nSPS) is 14.6. The molecule has 174 valence electrons. The molecule has 0 bridgehead atoms. The molecule has 1 aliphatic heterocycles. The Bertz CT molecular complexity index is 1310. The molecular formula is C25H28N8O. The third-order valence-corrected chi connectivity index (χ3v) is 6.37. The summed E-state index contributed by atoms with van der Waals surface area (Å²) in [5.74, 6) is 1.15. The van der Waals surface area contributed by atoms with Gasteiger partial charge in [-0.3, -0.25) is 19.4 Å². The van der Waals surface area contributed by atoms with Crippen molar-refractivity contribution in [3.8, 4) is 11.3 Å². The molecule has 5 heterocycles. The second kappa shape index (κ2) is 9.18. The van der Waals surface area contributed by atoms with Crippen LogP contribution in [0.1, 0.15) is 23.2 Å². The second-order valence-corrected chi connectivity index (χ2v) is 8.90. The van der Waals surface area contributed by atoms with E-state index >= 15 is 0 Å². The van der Waals surface area contributed by atoms with Gasteiger partial charge in [-0.2, -0.15) is 5.10 Å². The maximum Gasteiger partial charge on any atom is 0.256 e. The third-order valence-electron chi connectivity index (χ3n) is 6.37. The summed E-state index contributed by atoms with van der Waals surface area (Å²) in [6.07, 6.45) is 11.0. The number of nitrogens with one attached hydrogen (secondary N) is 1. The Morgan fingerprint density at radius 2 is 1.88 bits per heavy atom. The van der Waals surface area contributed by atoms with E-state index < -0.39 is 0 Å². The standard InChI is InChI=1S/C25H28N8O/c1-31(2)20-6-10-33(11-7-20)24-21-15-27-22(19-14-28-32(3)16-19)12-18(21)13-23(29-24)30-25(34)17-4-8-26-9-5-17/h4-5,8-9,12-16,20H,6-7,10-11H2,1-3H3,(H,29,30,34). The van der Waals surface area contributed by atoms with Gasteiger partial charge in [0.05, 0.1) is 11.9 Å². The van der Waals surface area contributed by atoms with Crippen LogP contribution in [0.2, 0.25) is 0 Å². The second-order valence-electron chi connectivity index (χ2n) is 8.90. The molecule has 1 aliphatic rings. The molecule has 0 aromatic carbocycles. The highest BCUT2D eigenvalue weighted by Gasteiger charge is 2.24. The molecule has 0 unspecified atom stereocenters. The number of aryl methyl sites for hydroxylation is 1. The highest BCUT2D eigenvalue weighted by Crippen LogP contribution is 2.32. The molecule has 9 heteroatoms. The van der Waals surface area contributed by atoms with Crippen molar-refractivity contribution >= 4 is 28.3 Å². The lowest BCUT2D eigenvalue weighted by molar-refractivity contribution is 0.102. The Kier molecular flexibility index (Phi) is 5.93. The highest BCUT2D eigenvalue weighted by molar-refractivity contribution is 6.05. The summed E-state index contributed by atoms with van der Waals surface area (Å²) in [6, 6.07) is 7.88. The third kappa shape index (κ3) is 4.47. The summed E-state index contributed by atoms with van der Waals surface area (Å²) in [5, 5.41) is 9.18. The van der Waals surface area contributed by atoms with Crippen LogP contribution in [0.5, 0.6) is 0 Å². The first kappa shape index (κ1) is 22.0. The highest BCUT2D eigenvalue weighted by atomic mass is 16.1. The minimum atomic E-state index is -0.215. The predicted octanol–water partition coefficient (Wildman–Crippen LogP) is 3.21. The molecule has 4 aromatic heterocycles. The average Bonchev–Trinajstić information content (AvgIpc) is 3.30. The van der Waals surface area contributed by atoms with E-state index in [4.69, 9.17) is 9.97 Å². The van der Waals surface area contributed by atoms with Gasteiger partial charge in [0.2, 0.25) is 0 Å². The molecule has 9 nitrogen and oxygen atoms in total. The van der Waals surface area contributed by atoms with Crippen molar-refractivity contribution in [2.24, 2.45) is 7.05 Å². The van der Waals surface area contributed by atoms with Crippen LogP contribution in [-0.2, 0) is 7.05 Å². The Hall–Kier alpha value is -3.85. The summed E-state index contributed by atoms with van der Waals surface area (Å²) in [6.45, 7) is 1.80. The number of aromatic nitrogens is 5. The van der Waals surface area contributed by atoms with Crippen LogP contribution in [0.4, 0.5) is 11.6 Å². The lowest BCUT2D eigenvalue weighted by Gasteiger charge is -2.36. The molecule has 1 N–H and O–H groups in total.